The fraction of sp³-hybridized carbons (Fsp3) is 0.143. The van der Waals surface area contributed by atoms with Gasteiger partial charge < -0.3 is 10.0 Å². The zero-order valence-corrected chi connectivity index (χ0v) is 16.5. The second-order valence-corrected chi connectivity index (χ2v) is 8.39. The summed E-state index contributed by atoms with van der Waals surface area (Å²) in [5, 5.41) is 14.3. The fourth-order valence-corrected chi connectivity index (χ4v) is 5.04. The number of rotatable bonds is 5. The van der Waals surface area contributed by atoms with Crippen LogP contribution >= 0.6 is 22.7 Å². The maximum atomic E-state index is 13.2. The summed E-state index contributed by atoms with van der Waals surface area (Å²) in [6.45, 7) is 2.07. The molecule has 4 nitrogen and oxygen atoms in total. The van der Waals surface area contributed by atoms with Crippen LogP contribution in [-0.4, -0.2) is 21.7 Å². The van der Waals surface area contributed by atoms with Crippen molar-refractivity contribution >= 4 is 34.4 Å². The second-order valence-electron chi connectivity index (χ2n) is 6.50. The molecular weight excluding hydrogens is 397 g/mol. The Hall–Kier alpha value is -2.77. The molecule has 1 unspecified atom stereocenters. The number of halogens is 1. The Morgan fingerprint density at radius 1 is 1.14 bits per heavy atom. The summed E-state index contributed by atoms with van der Waals surface area (Å²) in [5.41, 5.74) is 1.75. The summed E-state index contributed by atoms with van der Waals surface area (Å²) in [6.07, 6.45) is 0. The SMILES string of the molecule is Cc1ccsc1C1C(C(=O)c2cccs2)=C(O)C(=O)N1Cc1ccc(F)cc1. The van der Waals surface area contributed by atoms with E-state index in [4.69, 9.17) is 0 Å². The number of ketones is 1. The van der Waals surface area contributed by atoms with Crippen LogP contribution in [0.25, 0.3) is 0 Å². The molecule has 1 N–H and O–H groups in total. The van der Waals surface area contributed by atoms with Crippen LogP contribution in [0.1, 0.15) is 31.7 Å². The summed E-state index contributed by atoms with van der Waals surface area (Å²) in [7, 11) is 0. The number of carbonyl (C=O) groups excluding carboxylic acids is 2. The Bertz CT molecular complexity index is 1070. The van der Waals surface area contributed by atoms with E-state index in [0.717, 1.165) is 10.4 Å². The molecule has 1 aliphatic rings. The number of hydrogen-bond donors (Lipinski definition) is 1. The molecule has 0 aliphatic carbocycles. The molecule has 0 bridgehead atoms. The number of aryl methyl sites for hydroxylation is 1. The molecule has 0 saturated carbocycles. The van der Waals surface area contributed by atoms with E-state index in [9.17, 15) is 19.1 Å². The lowest BCUT2D eigenvalue weighted by molar-refractivity contribution is -0.130. The van der Waals surface area contributed by atoms with Crippen molar-refractivity contribution in [2.45, 2.75) is 19.5 Å². The van der Waals surface area contributed by atoms with Crippen molar-refractivity contribution in [2.75, 3.05) is 0 Å². The number of thiophene rings is 2. The van der Waals surface area contributed by atoms with Gasteiger partial charge in [-0.15, -0.1) is 22.7 Å². The van der Waals surface area contributed by atoms with Gasteiger partial charge in [-0.2, -0.15) is 0 Å². The maximum absolute atomic E-state index is 13.2. The second kappa shape index (κ2) is 7.33. The molecule has 2 aromatic heterocycles. The zero-order valence-electron chi connectivity index (χ0n) is 14.9. The summed E-state index contributed by atoms with van der Waals surface area (Å²) in [4.78, 5) is 28.7. The van der Waals surface area contributed by atoms with E-state index in [1.807, 2.05) is 18.4 Å². The maximum Gasteiger partial charge on any atom is 0.290 e. The van der Waals surface area contributed by atoms with E-state index < -0.39 is 17.7 Å². The molecule has 1 atom stereocenters. The van der Waals surface area contributed by atoms with Crippen LogP contribution in [0.3, 0.4) is 0 Å². The lowest BCUT2D eigenvalue weighted by Gasteiger charge is -2.26. The van der Waals surface area contributed by atoms with Crippen molar-refractivity contribution in [3.05, 3.63) is 91.3 Å². The van der Waals surface area contributed by atoms with Gasteiger partial charge in [-0.05, 0) is 53.1 Å². The average molecular weight is 413 g/mol. The van der Waals surface area contributed by atoms with Gasteiger partial charge in [-0.3, -0.25) is 9.59 Å². The molecule has 0 saturated heterocycles. The van der Waals surface area contributed by atoms with E-state index >= 15 is 0 Å². The standard InChI is InChI=1S/C21H16FNO3S2/c1-12-8-10-28-20(12)17-16(18(24)15-3-2-9-27-15)19(25)21(26)23(17)11-13-4-6-14(22)7-5-13/h2-10,17,25H,11H2,1H3. The number of amides is 1. The Morgan fingerprint density at radius 2 is 1.89 bits per heavy atom. The fourth-order valence-electron chi connectivity index (χ4n) is 3.31. The molecule has 0 spiro atoms. The Kier molecular flexibility index (Phi) is 4.87. The molecule has 28 heavy (non-hydrogen) atoms. The number of hydrogen-bond acceptors (Lipinski definition) is 5. The van der Waals surface area contributed by atoms with Crippen molar-refractivity contribution in [3.8, 4) is 0 Å². The third-order valence-corrected chi connectivity index (χ3v) is 6.65. The van der Waals surface area contributed by atoms with Gasteiger partial charge in [-0.1, -0.05) is 18.2 Å². The number of nitrogens with zero attached hydrogens (tertiary/aromatic N) is 1. The van der Waals surface area contributed by atoms with Crippen LogP contribution in [0.4, 0.5) is 4.39 Å². The highest BCUT2D eigenvalue weighted by molar-refractivity contribution is 7.12. The molecule has 0 radical (unpaired) electrons. The first kappa shape index (κ1) is 18.6. The Morgan fingerprint density at radius 3 is 2.50 bits per heavy atom. The molecule has 0 fully saturated rings. The smallest absolute Gasteiger partial charge is 0.290 e. The van der Waals surface area contributed by atoms with Gasteiger partial charge >= 0.3 is 0 Å². The molecule has 1 aliphatic heterocycles. The van der Waals surface area contributed by atoms with Crippen LogP contribution in [-0.2, 0) is 11.3 Å². The van der Waals surface area contributed by atoms with Crippen LogP contribution in [0.15, 0.2) is 64.6 Å². The normalized spacial score (nSPS) is 16.9. The number of benzene rings is 1. The lowest BCUT2D eigenvalue weighted by Crippen LogP contribution is -2.30. The summed E-state index contributed by atoms with van der Waals surface area (Å²) >= 11 is 2.71. The summed E-state index contributed by atoms with van der Waals surface area (Å²) in [6, 6.07) is 10.5. The molecular formula is C21H16FNO3S2. The molecule has 7 heteroatoms. The van der Waals surface area contributed by atoms with Gasteiger partial charge in [0.05, 0.1) is 10.5 Å². The topological polar surface area (TPSA) is 57.6 Å². The highest BCUT2D eigenvalue weighted by Gasteiger charge is 2.44. The number of carbonyl (C=O) groups is 2. The van der Waals surface area contributed by atoms with Crippen molar-refractivity contribution < 1.29 is 19.1 Å². The first-order valence-electron chi connectivity index (χ1n) is 8.58. The van der Waals surface area contributed by atoms with Gasteiger partial charge in [0.2, 0.25) is 5.78 Å². The van der Waals surface area contributed by atoms with E-state index in [0.29, 0.717) is 10.4 Å². The molecule has 142 valence electrons. The van der Waals surface area contributed by atoms with Crippen molar-refractivity contribution in [3.63, 3.8) is 0 Å². The Labute approximate surface area is 169 Å². The number of aliphatic hydroxyl groups excluding tert-OH is 1. The first-order valence-corrected chi connectivity index (χ1v) is 10.3. The van der Waals surface area contributed by atoms with E-state index in [-0.39, 0.29) is 23.7 Å². The minimum absolute atomic E-state index is 0.0973. The highest BCUT2D eigenvalue weighted by atomic mass is 32.1. The van der Waals surface area contributed by atoms with Gasteiger partial charge in [-0.25, -0.2) is 4.39 Å². The van der Waals surface area contributed by atoms with Gasteiger partial charge in [0.1, 0.15) is 11.9 Å². The molecule has 1 amide bonds. The van der Waals surface area contributed by atoms with Crippen LogP contribution in [0.5, 0.6) is 0 Å². The van der Waals surface area contributed by atoms with Gasteiger partial charge in [0.15, 0.2) is 5.76 Å². The summed E-state index contributed by atoms with van der Waals surface area (Å²) in [5.74, 6) is -1.82. The average Bonchev–Trinajstić information content (AvgIpc) is 3.40. The van der Waals surface area contributed by atoms with E-state index in [1.54, 1.807) is 29.6 Å². The Balaban J connectivity index is 1.78. The molecule has 3 heterocycles. The zero-order chi connectivity index (χ0) is 19.8. The molecule has 4 rings (SSSR count). The third kappa shape index (κ3) is 3.16. The number of Topliss-reactive ketones (excluding diaryl/α,β-unsaturated/α-hetero) is 1. The monoisotopic (exact) mass is 413 g/mol. The molecule has 3 aromatic rings. The minimum atomic E-state index is -0.674. The minimum Gasteiger partial charge on any atom is -0.503 e. The van der Waals surface area contributed by atoms with Crippen molar-refractivity contribution in [2.24, 2.45) is 0 Å². The van der Waals surface area contributed by atoms with E-state index in [1.165, 1.54) is 39.7 Å². The van der Waals surface area contributed by atoms with Crippen molar-refractivity contribution in [1.82, 2.24) is 4.90 Å². The third-order valence-electron chi connectivity index (χ3n) is 4.71. The predicted octanol–water partition coefficient (Wildman–Crippen LogP) is 5.04. The lowest BCUT2D eigenvalue weighted by atomic mass is 9.99. The van der Waals surface area contributed by atoms with Gasteiger partial charge in [0.25, 0.3) is 5.91 Å². The largest absolute Gasteiger partial charge is 0.503 e. The van der Waals surface area contributed by atoms with E-state index in [2.05, 4.69) is 0 Å². The predicted molar refractivity (Wildman–Crippen MR) is 107 cm³/mol. The van der Waals surface area contributed by atoms with Crippen LogP contribution in [0, 0.1) is 12.7 Å². The first-order chi connectivity index (χ1) is 13.5. The van der Waals surface area contributed by atoms with Crippen molar-refractivity contribution in [1.29, 1.82) is 0 Å². The highest BCUT2D eigenvalue weighted by Crippen LogP contribution is 2.43. The van der Waals surface area contributed by atoms with Crippen LogP contribution < -0.4 is 0 Å². The molecule has 1 aromatic carbocycles. The quantitative estimate of drug-likeness (QED) is 0.597. The summed E-state index contributed by atoms with van der Waals surface area (Å²) < 4.78 is 13.2. The number of aliphatic hydroxyl groups is 1. The van der Waals surface area contributed by atoms with Crippen LogP contribution in [0.2, 0.25) is 0 Å². The van der Waals surface area contributed by atoms with Gasteiger partial charge in [0, 0.05) is 11.4 Å².